The first kappa shape index (κ1) is 31.0. The zero-order chi connectivity index (χ0) is 31.5. The van der Waals surface area contributed by atoms with Crippen LogP contribution in [0.2, 0.25) is 0 Å². The van der Waals surface area contributed by atoms with Crippen LogP contribution in [0.5, 0.6) is 0 Å². The van der Waals surface area contributed by atoms with Gasteiger partial charge in [-0.05, 0) is 33.0 Å². The maximum Gasteiger partial charge on any atom is 0.347 e. The molecule has 5 N–H and O–H groups in total. The number of hydrogen-bond acceptors (Lipinski definition) is 12. The third kappa shape index (κ3) is 6.11. The van der Waals surface area contributed by atoms with Crippen LogP contribution in [0.15, 0.2) is 52.4 Å². The van der Waals surface area contributed by atoms with Crippen molar-refractivity contribution in [1.82, 2.24) is 25.1 Å². The van der Waals surface area contributed by atoms with E-state index < -0.39 is 41.3 Å². The number of thioether (sulfide) groups is 1. The van der Waals surface area contributed by atoms with Gasteiger partial charge in [-0.25, -0.2) is 9.78 Å². The van der Waals surface area contributed by atoms with Crippen molar-refractivity contribution < 1.29 is 38.8 Å². The third-order valence-electron chi connectivity index (χ3n) is 7.16. The lowest BCUT2D eigenvalue weighted by atomic mass is 10.0. The van der Waals surface area contributed by atoms with E-state index in [4.69, 9.17) is 15.7 Å². The molecular weight excluding hydrogens is 612 g/mol. The molecule has 0 saturated carbocycles. The number of nitrogens with zero attached hydrogens (tertiary/aromatic N) is 5. The number of β-lactam (4-membered cyclic amide) rings is 1. The summed E-state index contributed by atoms with van der Waals surface area (Å²) in [7, 11) is 1.90. The molecule has 15 nitrogen and oxygen atoms in total. The summed E-state index contributed by atoms with van der Waals surface area (Å²) in [6.07, 6.45) is 3.44. The summed E-state index contributed by atoms with van der Waals surface area (Å²) in [6.45, 7) is 3.15. The largest absolute Gasteiger partial charge is 0.543 e. The van der Waals surface area contributed by atoms with Gasteiger partial charge in [-0.15, -0.1) is 23.1 Å². The number of hydrogen-bond donors (Lipinski definition) is 4. The van der Waals surface area contributed by atoms with Crippen LogP contribution >= 0.6 is 23.1 Å². The fraction of sp³-hybridized carbons (Fsp3) is 0.370. The van der Waals surface area contributed by atoms with Crippen molar-refractivity contribution in [3.63, 3.8) is 0 Å². The number of carbonyl (C=O) groups excluding carboxylic acids is 3. The molecule has 2 aliphatic heterocycles. The standard InChI is InChI=1S/C27H30N8O7S2/c1-14(25(38)39)42-32-19(16-13-44-27(28)30-16)22(36)31-20-23(37)35-21(26(40)41)15(12-43-24(20)35)11-34-8-3-5-17-18(34)6-10-33(17)9-4-7-29-2/h3,5-6,8,10,13-14,20,24,29H,4,7,9,11-12H2,1-2H3,(H4-,28,30,31,36,38,39,40,41)/b32-19-/t14-,20+,24+/m0/s1. The van der Waals surface area contributed by atoms with E-state index in [0.717, 1.165) is 46.8 Å². The molecule has 0 aliphatic carbocycles. The first-order valence-corrected chi connectivity index (χ1v) is 15.5. The maximum absolute atomic E-state index is 13.3. The van der Waals surface area contributed by atoms with Crippen molar-refractivity contribution in [2.24, 2.45) is 5.16 Å². The quantitative estimate of drug-likeness (QED) is 0.0577. The Morgan fingerprint density at radius 3 is 2.84 bits per heavy atom. The Balaban J connectivity index is 1.35. The van der Waals surface area contributed by atoms with Crippen molar-refractivity contribution >= 4 is 68.7 Å². The number of carboxylic acid groups (broad SMARTS) is 2. The molecule has 1 fully saturated rings. The van der Waals surface area contributed by atoms with Gasteiger partial charge in [0.1, 0.15) is 22.6 Å². The Kier molecular flexibility index (Phi) is 9.17. The maximum atomic E-state index is 13.3. The zero-order valence-electron chi connectivity index (χ0n) is 23.8. The number of fused-ring (bicyclic) bond motifs is 2. The van der Waals surface area contributed by atoms with E-state index >= 15 is 0 Å². The smallest absolute Gasteiger partial charge is 0.347 e. The van der Waals surface area contributed by atoms with E-state index in [2.05, 4.69) is 25.3 Å². The minimum Gasteiger partial charge on any atom is -0.543 e. The number of anilines is 1. The van der Waals surface area contributed by atoms with Gasteiger partial charge in [0, 0.05) is 41.6 Å². The van der Waals surface area contributed by atoms with Gasteiger partial charge in [0.15, 0.2) is 23.6 Å². The predicted molar refractivity (Wildman–Crippen MR) is 159 cm³/mol. The highest BCUT2D eigenvalue weighted by molar-refractivity contribution is 8.00. The number of aromatic nitrogens is 3. The van der Waals surface area contributed by atoms with Crippen molar-refractivity contribution in [2.75, 3.05) is 25.1 Å². The number of rotatable bonds is 13. The second-order valence-corrected chi connectivity index (χ2v) is 12.1. The molecule has 0 unspecified atom stereocenters. The summed E-state index contributed by atoms with van der Waals surface area (Å²) < 4.78 is 4.08. The van der Waals surface area contributed by atoms with E-state index in [1.54, 1.807) is 0 Å². The highest BCUT2D eigenvalue weighted by Crippen LogP contribution is 2.40. The molecule has 0 spiro atoms. The number of aliphatic carboxylic acids is 2. The van der Waals surface area contributed by atoms with E-state index in [0.29, 0.717) is 5.57 Å². The zero-order valence-corrected chi connectivity index (χ0v) is 25.4. The first-order chi connectivity index (χ1) is 21.1. The van der Waals surface area contributed by atoms with Crippen molar-refractivity contribution in [3.05, 3.63) is 52.9 Å². The summed E-state index contributed by atoms with van der Waals surface area (Å²) in [4.78, 5) is 60.1. The molecule has 3 atom stereocenters. The molecule has 3 aromatic heterocycles. The fourth-order valence-electron chi connectivity index (χ4n) is 4.96. The number of carbonyl (C=O) groups is 4. The fourth-order valence-corrected chi connectivity index (χ4v) is 6.84. The van der Waals surface area contributed by atoms with Crippen LogP contribution in [-0.2, 0) is 37.1 Å². The average Bonchev–Trinajstić information content (AvgIpc) is 3.62. The van der Waals surface area contributed by atoms with E-state index in [1.807, 2.05) is 42.2 Å². The lowest BCUT2D eigenvalue weighted by molar-refractivity contribution is -0.663. The van der Waals surface area contributed by atoms with E-state index in [-0.39, 0.29) is 34.5 Å². The number of carboxylic acids is 2. The Morgan fingerprint density at radius 1 is 1.36 bits per heavy atom. The van der Waals surface area contributed by atoms with Gasteiger partial charge in [0.2, 0.25) is 11.6 Å². The molecule has 0 bridgehead atoms. The number of nitrogens with one attached hydrogen (secondary N) is 2. The molecular formula is C27H30N8O7S2. The Labute approximate surface area is 259 Å². The van der Waals surface area contributed by atoms with Crippen LogP contribution in [0.1, 0.15) is 19.0 Å². The van der Waals surface area contributed by atoms with Crippen LogP contribution in [0.4, 0.5) is 5.13 Å². The SMILES string of the molecule is CNCCCn1ccc2c1ccc[n+]2CC1=C(C(=O)[O-])N2C(=O)[C@@H](NC(=O)/C(=N\O[C@@H](C)C(=O)O)c3csc(N)n3)[C@H]2SC1. The number of pyridine rings is 1. The van der Waals surface area contributed by atoms with Crippen LogP contribution in [0.3, 0.4) is 0 Å². The molecule has 2 aliphatic rings. The molecule has 44 heavy (non-hydrogen) atoms. The number of oxime groups is 1. The van der Waals surface area contributed by atoms with Crippen molar-refractivity contribution in [3.8, 4) is 0 Å². The topological polar surface area (TPSA) is 208 Å². The highest BCUT2D eigenvalue weighted by atomic mass is 32.2. The lowest BCUT2D eigenvalue weighted by Crippen LogP contribution is -2.71. The summed E-state index contributed by atoms with van der Waals surface area (Å²) >= 11 is 2.34. The van der Waals surface area contributed by atoms with Crippen molar-refractivity contribution in [1.29, 1.82) is 0 Å². The van der Waals surface area contributed by atoms with Gasteiger partial charge < -0.3 is 40.8 Å². The average molecular weight is 643 g/mol. The summed E-state index contributed by atoms with van der Waals surface area (Å²) in [5.74, 6) is -4.01. The molecule has 232 valence electrons. The minimum atomic E-state index is -1.49. The van der Waals surface area contributed by atoms with Gasteiger partial charge >= 0.3 is 5.97 Å². The molecule has 1 saturated heterocycles. The minimum absolute atomic E-state index is 0.0298. The van der Waals surface area contributed by atoms with Crippen LogP contribution in [0, 0.1) is 0 Å². The highest BCUT2D eigenvalue weighted by Gasteiger charge is 2.53. The Morgan fingerprint density at radius 2 is 2.16 bits per heavy atom. The van der Waals surface area contributed by atoms with Gasteiger partial charge in [0.25, 0.3) is 11.8 Å². The second kappa shape index (κ2) is 13.0. The molecule has 5 heterocycles. The summed E-state index contributed by atoms with van der Waals surface area (Å²) in [5.41, 5.74) is 7.54. The molecule has 0 radical (unpaired) electrons. The van der Waals surface area contributed by atoms with Gasteiger partial charge in [-0.3, -0.25) is 14.5 Å². The molecule has 5 rings (SSSR count). The van der Waals surface area contributed by atoms with Crippen LogP contribution in [0.25, 0.3) is 11.0 Å². The monoisotopic (exact) mass is 642 g/mol. The van der Waals surface area contributed by atoms with Gasteiger partial charge in [0.05, 0.1) is 11.7 Å². The normalized spacial score (nSPS) is 19.0. The number of nitrogen functional groups attached to an aromatic ring is 1. The molecule has 0 aromatic carbocycles. The summed E-state index contributed by atoms with van der Waals surface area (Å²) in [5, 5.41) is 31.7. The second-order valence-electron chi connectivity index (χ2n) is 10.1. The third-order valence-corrected chi connectivity index (χ3v) is 9.17. The first-order valence-electron chi connectivity index (χ1n) is 13.6. The Bertz CT molecular complexity index is 1680. The Hall–Kier alpha value is -4.48. The number of nitrogens with two attached hydrogens (primary N) is 1. The van der Waals surface area contributed by atoms with E-state index in [1.165, 1.54) is 24.1 Å². The van der Waals surface area contributed by atoms with Crippen LogP contribution < -0.4 is 26.0 Å². The molecule has 17 heteroatoms. The number of aryl methyl sites for hydroxylation is 1. The van der Waals surface area contributed by atoms with E-state index in [9.17, 15) is 24.3 Å². The van der Waals surface area contributed by atoms with Crippen molar-refractivity contribution in [2.45, 2.75) is 44.0 Å². The summed E-state index contributed by atoms with van der Waals surface area (Å²) in [6, 6.07) is 4.79. The van der Waals surface area contributed by atoms with Gasteiger partial charge in [-0.1, -0.05) is 5.16 Å². The molecule has 2 amide bonds. The van der Waals surface area contributed by atoms with Crippen LogP contribution in [-0.4, -0.2) is 85.9 Å². The number of amides is 2. The molecule has 3 aromatic rings. The van der Waals surface area contributed by atoms with Gasteiger partial charge in [-0.2, -0.15) is 4.57 Å². The predicted octanol–water partition coefficient (Wildman–Crippen LogP) is -1.13. The number of thiazole rings is 1. The lowest BCUT2D eigenvalue weighted by Gasteiger charge is -2.50.